The average molecular weight is 458 g/mol. The van der Waals surface area contributed by atoms with E-state index in [-0.39, 0.29) is 23.8 Å². The molecule has 1 N–H and O–H groups in total. The van der Waals surface area contributed by atoms with E-state index in [1.54, 1.807) is 26.0 Å². The first-order chi connectivity index (χ1) is 13.5. The van der Waals surface area contributed by atoms with Crippen molar-refractivity contribution in [1.82, 2.24) is 9.29 Å². The van der Waals surface area contributed by atoms with Crippen molar-refractivity contribution >= 4 is 42.2 Å². The van der Waals surface area contributed by atoms with Crippen LogP contribution >= 0.6 is 11.3 Å². The highest BCUT2D eigenvalue weighted by Crippen LogP contribution is 2.29. The number of sulfone groups is 1. The van der Waals surface area contributed by atoms with Crippen LogP contribution < -0.4 is 5.32 Å². The van der Waals surface area contributed by atoms with Crippen molar-refractivity contribution in [1.29, 1.82) is 0 Å². The number of carbonyl (C=O) groups is 1. The van der Waals surface area contributed by atoms with Crippen molar-refractivity contribution in [2.45, 2.75) is 43.4 Å². The maximum Gasteiger partial charge on any atom is 0.230 e. The van der Waals surface area contributed by atoms with Crippen LogP contribution in [0.5, 0.6) is 0 Å². The Hall–Kier alpha value is -1.82. The summed E-state index contributed by atoms with van der Waals surface area (Å²) < 4.78 is 49.1. The fourth-order valence-corrected chi connectivity index (χ4v) is 5.89. The van der Waals surface area contributed by atoms with Crippen LogP contribution in [0.25, 0.3) is 0 Å². The number of amides is 1. The molecule has 0 radical (unpaired) electrons. The molecule has 0 aliphatic carbocycles. The van der Waals surface area contributed by atoms with E-state index >= 15 is 0 Å². The summed E-state index contributed by atoms with van der Waals surface area (Å²) in [4.78, 5) is 17.8. The molecule has 11 heteroatoms. The van der Waals surface area contributed by atoms with Crippen LogP contribution in [0.1, 0.15) is 30.0 Å². The Morgan fingerprint density at radius 1 is 1.21 bits per heavy atom. The monoisotopic (exact) mass is 457 g/mol. The molecule has 0 saturated heterocycles. The molecule has 0 bridgehead atoms. The highest BCUT2D eigenvalue weighted by atomic mass is 32.2. The van der Waals surface area contributed by atoms with Gasteiger partial charge in [-0.2, -0.15) is 4.31 Å². The number of nitrogens with one attached hydrogen (secondary N) is 1. The first-order valence-electron chi connectivity index (χ1n) is 9.03. The minimum absolute atomic E-state index is 0.0850. The normalized spacial score (nSPS) is 15.3. The highest BCUT2D eigenvalue weighted by Gasteiger charge is 2.26. The molecule has 0 fully saturated rings. The van der Waals surface area contributed by atoms with E-state index in [0.717, 1.165) is 10.6 Å². The van der Waals surface area contributed by atoms with Gasteiger partial charge in [-0.3, -0.25) is 4.79 Å². The number of hydrogen-bond donors (Lipinski definition) is 1. The lowest BCUT2D eigenvalue weighted by Crippen LogP contribution is -2.34. The summed E-state index contributed by atoms with van der Waals surface area (Å²) >= 11 is 1.27. The second kappa shape index (κ2) is 8.13. The number of carbonyl (C=O) groups excluding carboxylic acids is 1. The van der Waals surface area contributed by atoms with Gasteiger partial charge < -0.3 is 5.32 Å². The van der Waals surface area contributed by atoms with Crippen molar-refractivity contribution in [2.24, 2.45) is 0 Å². The number of sulfonamides is 1. The summed E-state index contributed by atoms with van der Waals surface area (Å²) in [6.07, 6.45) is 1.78. The smallest absolute Gasteiger partial charge is 0.230 e. The minimum atomic E-state index is -3.34. The molecule has 1 aliphatic heterocycles. The molecule has 0 spiro atoms. The van der Waals surface area contributed by atoms with Crippen LogP contribution in [0.3, 0.4) is 0 Å². The van der Waals surface area contributed by atoms with Gasteiger partial charge >= 0.3 is 0 Å². The maximum atomic E-state index is 12.3. The molecule has 29 heavy (non-hydrogen) atoms. The van der Waals surface area contributed by atoms with Crippen molar-refractivity contribution in [3.8, 4) is 0 Å². The molecule has 8 nitrogen and oxygen atoms in total. The SMILES string of the molecule is CC(C)S(=O)(=O)c1ccc(CC(=O)Nc2nc3c(s2)CN(S(C)(=O)=O)CC3)cc1. The first-order valence-corrected chi connectivity index (χ1v) is 13.2. The van der Waals surface area contributed by atoms with E-state index in [1.807, 2.05) is 0 Å². The van der Waals surface area contributed by atoms with Gasteiger partial charge in [0.2, 0.25) is 15.9 Å². The number of thiazole rings is 1. The Bertz CT molecular complexity index is 1120. The Morgan fingerprint density at radius 3 is 2.45 bits per heavy atom. The van der Waals surface area contributed by atoms with Gasteiger partial charge in [-0.1, -0.05) is 12.1 Å². The van der Waals surface area contributed by atoms with Crippen LogP contribution in [0.2, 0.25) is 0 Å². The summed E-state index contributed by atoms with van der Waals surface area (Å²) in [6.45, 7) is 3.90. The molecule has 1 amide bonds. The van der Waals surface area contributed by atoms with Gasteiger partial charge in [0.15, 0.2) is 15.0 Å². The summed E-state index contributed by atoms with van der Waals surface area (Å²) in [5.41, 5.74) is 1.50. The molecule has 0 atom stereocenters. The molecule has 2 aromatic rings. The average Bonchev–Trinajstić information content (AvgIpc) is 3.02. The van der Waals surface area contributed by atoms with Crippen LogP contribution in [0, 0.1) is 0 Å². The third kappa shape index (κ3) is 5.03. The van der Waals surface area contributed by atoms with Crippen molar-refractivity contribution in [2.75, 3.05) is 18.1 Å². The molecular formula is C18H23N3O5S3. The van der Waals surface area contributed by atoms with Crippen LogP contribution in [-0.4, -0.2) is 50.1 Å². The number of hydrogen-bond acceptors (Lipinski definition) is 7. The fourth-order valence-electron chi connectivity index (χ4n) is 2.93. The quantitative estimate of drug-likeness (QED) is 0.708. The summed E-state index contributed by atoms with van der Waals surface area (Å²) in [7, 11) is -6.60. The van der Waals surface area contributed by atoms with Gasteiger partial charge in [0.05, 0.1) is 28.5 Å². The highest BCUT2D eigenvalue weighted by molar-refractivity contribution is 7.92. The first kappa shape index (κ1) is 21.9. The fraction of sp³-hybridized carbons (Fsp3) is 0.444. The van der Waals surface area contributed by atoms with E-state index in [1.165, 1.54) is 34.0 Å². The second-order valence-corrected chi connectivity index (χ2v) is 12.8. The van der Waals surface area contributed by atoms with E-state index in [4.69, 9.17) is 0 Å². The Balaban J connectivity index is 1.64. The van der Waals surface area contributed by atoms with Crippen molar-refractivity contribution in [3.05, 3.63) is 40.4 Å². The van der Waals surface area contributed by atoms with E-state index < -0.39 is 25.1 Å². The predicted molar refractivity (Wildman–Crippen MR) is 112 cm³/mol. The minimum Gasteiger partial charge on any atom is -0.302 e. The molecule has 2 heterocycles. The third-order valence-corrected chi connectivity index (χ3v) is 9.07. The number of benzene rings is 1. The molecule has 0 unspecified atom stereocenters. The number of anilines is 1. The van der Waals surface area contributed by atoms with Crippen LogP contribution in [-0.2, 0) is 44.0 Å². The van der Waals surface area contributed by atoms with Gasteiger partial charge in [0.1, 0.15) is 0 Å². The topological polar surface area (TPSA) is 114 Å². The Labute approximate surface area is 174 Å². The van der Waals surface area contributed by atoms with E-state index in [9.17, 15) is 21.6 Å². The van der Waals surface area contributed by atoms with Gasteiger partial charge in [0.25, 0.3) is 0 Å². The van der Waals surface area contributed by atoms with Gasteiger partial charge in [0, 0.05) is 24.4 Å². The number of rotatable bonds is 6. The van der Waals surface area contributed by atoms with Gasteiger partial charge in [-0.05, 0) is 31.5 Å². The summed E-state index contributed by atoms with van der Waals surface area (Å²) in [5, 5.41) is 2.68. The number of fused-ring (bicyclic) bond motifs is 1. The number of aromatic nitrogens is 1. The standard InChI is InChI=1S/C18H23N3O5S3/c1-12(2)29(25,26)14-6-4-13(5-7-14)10-17(22)20-18-19-15-8-9-21(28(3,23)24)11-16(15)27-18/h4-7,12H,8-11H2,1-3H3,(H,19,20,22). The van der Waals surface area contributed by atoms with Crippen LogP contribution in [0.4, 0.5) is 5.13 Å². The molecule has 158 valence electrons. The van der Waals surface area contributed by atoms with E-state index in [2.05, 4.69) is 10.3 Å². The molecule has 1 aromatic heterocycles. The Kier molecular flexibility index (Phi) is 6.13. The maximum absolute atomic E-state index is 12.3. The zero-order valence-electron chi connectivity index (χ0n) is 16.4. The zero-order valence-corrected chi connectivity index (χ0v) is 18.8. The molecule has 1 aliphatic rings. The lowest BCUT2D eigenvalue weighted by molar-refractivity contribution is -0.115. The lowest BCUT2D eigenvalue weighted by atomic mass is 10.1. The van der Waals surface area contributed by atoms with Crippen LogP contribution in [0.15, 0.2) is 29.2 Å². The number of nitrogens with zero attached hydrogens (tertiary/aromatic N) is 2. The lowest BCUT2D eigenvalue weighted by Gasteiger charge is -2.23. The largest absolute Gasteiger partial charge is 0.302 e. The Morgan fingerprint density at radius 2 is 1.86 bits per heavy atom. The van der Waals surface area contributed by atoms with Crippen molar-refractivity contribution < 1.29 is 21.6 Å². The molecule has 1 aromatic carbocycles. The predicted octanol–water partition coefficient (Wildman–Crippen LogP) is 1.82. The molecular weight excluding hydrogens is 434 g/mol. The second-order valence-electron chi connectivity index (χ2n) is 7.20. The van der Waals surface area contributed by atoms with Gasteiger partial charge in [-0.15, -0.1) is 11.3 Å². The van der Waals surface area contributed by atoms with Gasteiger partial charge in [-0.25, -0.2) is 21.8 Å². The third-order valence-electron chi connectivity index (χ3n) is 4.65. The zero-order chi connectivity index (χ0) is 21.4. The summed E-state index contributed by atoms with van der Waals surface area (Å²) in [5.74, 6) is -0.268. The molecule has 0 saturated carbocycles. The summed E-state index contributed by atoms with van der Waals surface area (Å²) in [6, 6.07) is 6.29. The van der Waals surface area contributed by atoms with E-state index in [0.29, 0.717) is 23.7 Å². The van der Waals surface area contributed by atoms with Crippen molar-refractivity contribution in [3.63, 3.8) is 0 Å². The molecule has 3 rings (SSSR count).